The molecular formula is C29H27F3N4O2. The number of benzene rings is 2. The average molecular weight is 521 g/mol. The van der Waals surface area contributed by atoms with Crippen LogP contribution in [-0.2, 0) is 12.6 Å². The summed E-state index contributed by atoms with van der Waals surface area (Å²) in [4.78, 5) is 14.3. The van der Waals surface area contributed by atoms with Crippen LogP contribution in [0.4, 0.5) is 19.1 Å². The minimum atomic E-state index is -4.52. The maximum Gasteiger partial charge on any atom is 0.433 e. The maximum atomic E-state index is 13.1. The van der Waals surface area contributed by atoms with Gasteiger partial charge in [0.2, 0.25) is 11.8 Å². The zero-order chi connectivity index (χ0) is 26.7. The SMILES string of the molecule is C=C(c1ccc(OCCc2nc(-c3ccccc3)oc2C)cc1)[C@@H]1CCCN1c1nccc(C(F)(F)F)n1. The Morgan fingerprint density at radius 3 is 2.58 bits per heavy atom. The van der Waals surface area contributed by atoms with E-state index in [0.717, 1.165) is 53.3 Å². The molecule has 0 radical (unpaired) electrons. The summed E-state index contributed by atoms with van der Waals surface area (Å²) in [5, 5.41) is 0. The van der Waals surface area contributed by atoms with Gasteiger partial charge in [-0.1, -0.05) is 36.9 Å². The highest BCUT2D eigenvalue weighted by Gasteiger charge is 2.35. The maximum absolute atomic E-state index is 13.1. The molecule has 1 fully saturated rings. The fraction of sp³-hybridized carbons (Fsp3) is 0.276. The highest BCUT2D eigenvalue weighted by atomic mass is 19.4. The molecule has 1 aliphatic heterocycles. The Bertz CT molecular complexity index is 1400. The van der Waals surface area contributed by atoms with Gasteiger partial charge in [0.25, 0.3) is 0 Å². The van der Waals surface area contributed by atoms with Gasteiger partial charge in [0.15, 0.2) is 0 Å². The first-order valence-corrected chi connectivity index (χ1v) is 12.4. The summed E-state index contributed by atoms with van der Waals surface area (Å²) in [6.45, 7) is 7.14. The van der Waals surface area contributed by atoms with Crippen molar-refractivity contribution in [2.75, 3.05) is 18.1 Å². The third-order valence-corrected chi connectivity index (χ3v) is 6.59. The Labute approximate surface area is 218 Å². The first-order valence-electron chi connectivity index (χ1n) is 12.4. The Morgan fingerprint density at radius 2 is 1.84 bits per heavy atom. The highest BCUT2D eigenvalue weighted by molar-refractivity contribution is 5.71. The van der Waals surface area contributed by atoms with Crippen LogP contribution in [0.2, 0.25) is 0 Å². The number of oxazole rings is 1. The van der Waals surface area contributed by atoms with Crippen LogP contribution in [-0.4, -0.2) is 34.1 Å². The van der Waals surface area contributed by atoms with Gasteiger partial charge in [-0.2, -0.15) is 13.2 Å². The molecule has 1 saturated heterocycles. The van der Waals surface area contributed by atoms with Gasteiger partial charge in [-0.3, -0.25) is 0 Å². The highest BCUT2D eigenvalue weighted by Crippen LogP contribution is 2.34. The van der Waals surface area contributed by atoms with Crippen LogP contribution in [0.5, 0.6) is 5.75 Å². The number of rotatable bonds is 8. The predicted octanol–water partition coefficient (Wildman–Crippen LogP) is 6.76. The molecule has 0 aliphatic carbocycles. The summed E-state index contributed by atoms with van der Waals surface area (Å²) in [5.74, 6) is 2.14. The summed E-state index contributed by atoms with van der Waals surface area (Å²) in [5.41, 5.74) is 2.53. The lowest BCUT2D eigenvalue weighted by molar-refractivity contribution is -0.141. The molecule has 5 rings (SSSR count). The standard InChI is InChI=1S/C29H27F3N4O2/c1-19(25-9-6-17-36(25)28-33-16-14-26(35-28)29(30,31)32)21-10-12-23(13-11-21)37-18-15-24-20(2)38-27(34-24)22-7-4-3-5-8-22/h3-5,7-8,10-14,16,25H,1,6,9,15,17-18H2,2H3/t25-/m0/s1. The van der Waals surface area contributed by atoms with E-state index in [-0.39, 0.29) is 12.0 Å². The van der Waals surface area contributed by atoms with Gasteiger partial charge >= 0.3 is 6.18 Å². The molecule has 0 amide bonds. The van der Waals surface area contributed by atoms with Crippen LogP contribution < -0.4 is 9.64 Å². The molecule has 1 atom stereocenters. The Kier molecular flexibility index (Phi) is 7.18. The lowest BCUT2D eigenvalue weighted by Gasteiger charge is -2.27. The van der Waals surface area contributed by atoms with Gasteiger partial charge in [-0.15, -0.1) is 0 Å². The smallest absolute Gasteiger partial charge is 0.433 e. The number of aromatic nitrogens is 3. The number of hydrogen-bond donors (Lipinski definition) is 0. The third kappa shape index (κ3) is 5.56. The number of hydrogen-bond acceptors (Lipinski definition) is 6. The Hall–Kier alpha value is -4.14. The van der Waals surface area contributed by atoms with Crippen molar-refractivity contribution in [1.29, 1.82) is 0 Å². The zero-order valence-corrected chi connectivity index (χ0v) is 20.9. The van der Waals surface area contributed by atoms with E-state index in [1.807, 2.05) is 61.5 Å². The lowest BCUT2D eigenvalue weighted by Crippen LogP contribution is -2.32. The molecule has 0 saturated carbocycles. The van der Waals surface area contributed by atoms with E-state index in [0.29, 0.717) is 31.2 Å². The van der Waals surface area contributed by atoms with Crippen LogP contribution in [0.15, 0.2) is 77.9 Å². The second-order valence-corrected chi connectivity index (χ2v) is 9.13. The minimum Gasteiger partial charge on any atom is -0.493 e. The Morgan fingerprint density at radius 1 is 1.08 bits per heavy atom. The first-order chi connectivity index (χ1) is 18.3. The molecule has 196 valence electrons. The van der Waals surface area contributed by atoms with Crippen LogP contribution in [0.25, 0.3) is 17.0 Å². The van der Waals surface area contributed by atoms with Crippen molar-refractivity contribution < 1.29 is 22.3 Å². The van der Waals surface area contributed by atoms with Crippen LogP contribution in [0.3, 0.4) is 0 Å². The van der Waals surface area contributed by atoms with E-state index in [4.69, 9.17) is 9.15 Å². The van der Waals surface area contributed by atoms with E-state index < -0.39 is 11.9 Å². The molecule has 9 heteroatoms. The van der Waals surface area contributed by atoms with Crippen molar-refractivity contribution in [2.45, 2.75) is 38.4 Å². The third-order valence-electron chi connectivity index (χ3n) is 6.59. The van der Waals surface area contributed by atoms with Gasteiger partial charge in [0.1, 0.15) is 17.2 Å². The molecule has 3 heterocycles. The number of halogens is 3. The van der Waals surface area contributed by atoms with Gasteiger partial charge in [0.05, 0.1) is 18.3 Å². The second-order valence-electron chi connectivity index (χ2n) is 9.13. The molecule has 0 spiro atoms. The van der Waals surface area contributed by atoms with Gasteiger partial charge in [-0.25, -0.2) is 15.0 Å². The summed E-state index contributed by atoms with van der Waals surface area (Å²) >= 11 is 0. The minimum absolute atomic E-state index is 0.0713. The number of nitrogens with zero attached hydrogens (tertiary/aromatic N) is 4. The van der Waals surface area contributed by atoms with E-state index in [1.54, 1.807) is 4.90 Å². The second kappa shape index (κ2) is 10.7. The fourth-order valence-electron chi connectivity index (χ4n) is 4.60. The molecule has 1 aliphatic rings. The van der Waals surface area contributed by atoms with E-state index >= 15 is 0 Å². The summed E-state index contributed by atoms with van der Waals surface area (Å²) in [6, 6.07) is 18.0. The largest absolute Gasteiger partial charge is 0.493 e. The van der Waals surface area contributed by atoms with Crippen molar-refractivity contribution in [2.24, 2.45) is 0 Å². The molecule has 0 N–H and O–H groups in total. The number of aryl methyl sites for hydroxylation is 1. The average Bonchev–Trinajstić information content (AvgIpc) is 3.56. The van der Waals surface area contributed by atoms with Crippen molar-refractivity contribution in [3.8, 4) is 17.2 Å². The van der Waals surface area contributed by atoms with Crippen molar-refractivity contribution in [1.82, 2.24) is 15.0 Å². The van der Waals surface area contributed by atoms with Crippen LogP contribution >= 0.6 is 0 Å². The number of alkyl halides is 3. The quantitative estimate of drug-likeness (QED) is 0.256. The van der Waals surface area contributed by atoms with Gasteiger partial charge in [0, 0.05) is 24.7 Å². The fourth-order valence-corrected chi connectivity index (χ4v) is 4.60. The number of anilines is 1. The molecule has 0 unspecified atom stereocenters. The van der Waals surface area contributed by atoms with Crippen LogP contribution in [0, 0.1) is 6.92 Å². The van der Waals surface area contributed by atoms with Crippen molar-refractivity contribution >= 4 is 11.5 Å². The monoisotopic (exact) mass is 520 g/mol. The Balaban J connectivity index is 1.20. The molecule has 0 bridgehead atoms. The topological polar surface area (TPSA) is 64.3 Å². The molecule has 2 aromatic carbocycles. The molecule has 38 heavy (non-hydrogen) atoms. The van der Waals surface area contributed by atoms with Crippen molar-refractivity contribution in [3.05, 3.63) is 96.2 Å². The van der Waals surface area contributed by atoms with E-state index in [1.165, 1.54) is 0 Å². The van der Waals surface area contributed by atoms with Gasteiger partial charge < -0.3 is 14.1 Å². The van der Waals surface area contributed by atoms with Gasteiger partial charge in [-0.05, 0) is 61.2 Å². The summed E-state index contributed by atoms with van der Waals surface area (Å²) in [7, 11) is 0. The summed E-state index contributed by atoms with van der Waals surface area (Å²) < 4.78 is 51.2. The lowest BCUT2D eigenvalue weighted by atomic mass is 9.98. The normalized spacial score (nSPS) is 15.6. The van der Waals surface area contributed by atoms with Crippen LogP contribution in [0.1, 0.15) is 35.6 Å². The van der Waals surface area contributed by atoms with E-state index in [2.05, 4.69) is 21.5 Å². The summed E-state index contributed by atoms with van der Waals surface area (Å²) in [6.07, 6.45) is -1.18. The van der Waals surface area contributed by atoms with E-state index in [9.17, 15) is 13.2 Å². The number of ether oxygens (including phenoxy) is 1. The predicted molar refractivity (Wildman–Crippen MR) is 139 cm³/mol. The zero-order valence-electron chi connectivity index (χ0n) is 20.9. The molecule has 4 aromatic rings. The molecular weight excluding hydrogens is 493 g/mol. The van der Waals surface area contributed by atoms with Crippen molar-refractivity contribution in [3.63, 3.8) is 0 Å². The first kappa shape index (κ1) is 25.5. The molecule has 6 nitrogen and oxygen atoms in total. The molecule has 2 aromatic heterocycles.